The van der Waals surface area contributed by atoms with Crippen LogP contribution in [-0.4, -0.2) is 36.7 Å². The number of nitrogens with one attached hydrogen (secondary N) is 1. The zero-order chi connectivity index (χ0) is 15.1. The summed E-state index contributed by atoms with van der Waals surface area (Å²) in [6.07, 6.45) is 4.50. The molecule has 21 heavy (non-hydrogen) atoms. The van der Waals surface area contributed by atoms with E-state index in [0.29, 0.717) is 23.6 Å². The summed E-state index contributed by atoms with van der Waals surface area (Å²) >= 11 is 0. The van der Waals surface area contributed by atoms with Gasteiger partial charge in [-0.15, -0.1) is 0 Å². The van der Waals surface area contributed by atoms with E-state index in [1.807, 2.05) is 0 Å². The Bertz CT molecular complexity index is 533. The monoisotopic (exact) mass is 289 g/mol. The Hall–Kier alpha value is -2.14. The predicted molar refractivity (Wildman–Crippen MR) is 79.0 cm³/mol. The van der Waals surface area contributed by atoms with Crippen molar-refractivity contribution in [3.05, 3.63) is 41.5 Å². The van der Waals surface area contributed by atoms with Crippen molar-refractivity contribution in [2.75, 3.05) is 19.8 Å². The zero-order valence-corrected chi connectivity index (χ0v) is 11.7. The van der Waals surface area contributed by atoms with Gasteiger partial charge in [-0.3, -0.25) is 4.79 Å². The second-order valence-electron chi connectivity index (χ2n) is 5.07. The molecule has 1 fully saturated rings. The van der Waals surface area contributed by atoms with Crippen molar-refractivity contribution in [1.82, 2.24) is 5.32 Å². The van der Waals surface area contributed by atoms with Gasteiger partial charge in [0.25, 0.3) is 5.91 Å². The number of carbonyl (C=O) groups is 2. The van der Waals surface area contributed by atoms with Gasteiger partial charge >= 0.3 is 5.97 Å². The fourth-order valence-corrected chi connectivity index (χ4v) is 2.25. The van der Waals surface area contributed by atoms with Crippen molar-refractivity contribution < 1.29 is 19.4 Å². The SMILES string of the molecule is O=C(O)/C=C/c1cccc(C(=O)NCCC2CCOC2)c1. The maximum Gasteiger partial charge on any atom is 0.328 e. The second kappa shape index (κ2) is 7.59. The van der Waals surface area contributed by atoms with E-state index in [9.17, 15) is 9.59 Å². The Labute approximate surface area is 123 Å². The van der Waals surface area contributed by atoms with Gasteiger partial charge in [-0.1, -0.05) is 12.1 Å². The van der Waals surface area contributed by atoms with E-state index in [0.717, 1.165) is 32.1 Å². The molecule has 0 bridgehead atoms. The Morgan fingerprint density at radius 2 is 2.29 bits per heavy atom. The van der Waals surface area contributed by atoms with Crippen molar-refractivity contribution in [3.8, 4) is 0 Å². The first-order valence-electron chi connectivity index (χ1n) is 7.02. The molecule has 1 aliphatic rings. The lowest BCUT2D eigenvalue weighted by molar-refractivity contribution is -0.131. The van der Waals surface area contributed by atoms with Crippen molar-refractivity contribution in [2.45, 2.75) is 12.8 Å². The highest BCUT2D eigenvalue weighted by molar-refractivity contribution is 5.95. The first-order chi connectivity index (χ1) is 10.1. The number of ether oxygens (including phenoxy) is 1. The largest absolute Gasteiger partial charge is 0.478 e. The van der Waals surface area contributed by atoms with Gasteiger partial charge in [0.2, 0.25) is 0 Å². The Morgan fingerprint density at radius 1 is 1.43 bits per heavy atom. The van der Waals surface area contributed by atoms with Crippen LogP contribution in [0, 0.1) is 5.92 Å². The van der Waals surface area contributed by atoms with Crippen molar-refractivity contribution in [2.24, 2.45) is 5.92 Å². The fourth-order valence-electron chi connectivity index (χ4n) is 2.25. The summed E-state index contributed by atoms with van der Waals surface area (Å²) in [5, 5.41) is 11.5. The standard InChI is InChI=1S/C16H19NO4/c18-15(19)5-4-12-2-1-3-14(10-12)16(20)17-8-6-13-7-9-21-11-13/h1-5,10,13H,6-9,11H2,(H,17,20)(H,18,19)/b5-4+. The fraction of sp³-hybridized carbons (Fsp3) is 0.375. The van der Waals surface area contributed by atoms with Gasteiger partial charge < -0.3 is 15.2 Å². The average Bonchev–Trinajstić information content (AvgIpc) is 2.98. The summed E-state index contributed by atoms with van der Waals surface area (Å²) in [5.74, 6) is -0.613. The molecule has 0 saturated carbocycles. The number of carboxylic acid groups (broad SMARTS) is 1. The number of aliphatic carboxylic acids is 1. The van der Waals surface area contributed by atoms with Crippen LogP contribution in [0.25, 0.3) is 6.08 Å². The number of hydrogen-bond donors (Lipinski definition) is 2. The maximum absolute atomic E-state index is 12.0. The molecule has 112 valence electrons. The molecule has 1 aliphatic heterocycles. The van der Waals surface area contributed by atoms with E-state index < -0.39 is 5.97 Å². The number of rotatable bonds is 6. The molecule has 2 N–H and O–H groups in total. The van der Waals surface area contributed by atoms with Gasteiger partial charge in [0, 0.05) is 31.4 Å². The summed E-state index contributed by atoms with van der Waals surface area (Å²) in [6.45, 7) is 2.23. The number of benzene rings is 1. The smallest absolute Gasteiger partial charge is 0.328 e. The van der Waals surface area contributed by atoms with Crippen LogP contribution in [0.4, 0.5) is 0 Å². The number of carbonyl (C=O) groups excluding carboxylic acids is 1. The molecule has 1 aromatic carbocycles. The van der Waals surface area contributed by atoms with Crippen molar-refractivity contribution in [1.29, 1.82) is 0 Å². The molecule has 0 spiro atoms. The lowest BCUT2D eigenvalue weighted by Gasteiger charge is -2.09. The Kier molecular flexibility index (Phi) is 5.51. The zero-order valence-electron chi connectivity index (χ0n) is 11.7. The van der Waals surface area contributed by atoms with E-state index in [1.165, 1.54) is 6.08 Å². The lowest BCUT2D eigenvalue weighted by Crippen LogP contribution is -2.26. The topological polar surface area (TPSA) is 75.6 Å². The molecule has 0 aromatic heterocycles. The molecule has 1 amide bonds. The van der Waals surface area contributed by atoms with Crippen LogP contribution in [0.2, 0.25) is 0 Å². The number of amides is 1. The molecule has 0 radical (unpaired) electrons. The lowest BCUT2D eigenvalue weighted by atomic mass is 10.1. The summed E-state index contributed by atoms with van der Waals surface area (Å²) in [7, 11) is 0. The molecule has 1 atom stereocenters. The first kappa shape index (κ1) is 15.3. The quantitative estimate of drug-likeness (QED) is 0.785. The van der Waals surface area contributed by atoms with Crippen LogP contribution < -0.4 is 5.32 Å². The normalized spacial score (nSPS) is 18.0. The minimum absolute atomic E-state index is 0.139. The summed E-state index contributed by atoms with van der Waals surface area (Å²) in [4.78, 5) is 22.5. The van der Waals surface area contributed by atoms with E-state index in [-0.39, 0.29) is 5.91 Å². The van der Waals surface area contributed by atoms with Crippen molar-refractivity contribution in [3.63, 3.8) is 0 Å². The molecule has 2 rings (SSSR count). The highest BCUT2D eigenvalue weighted by atomic mass is 16.5. The molecule has 1 heterocycles. The first-order valence-corrected chi connectivity index (χ1v) is 7.02. The van der Waals surface area contributed by atoms with Crippen LogP contribution in [0.15, 0.2) is 30.3 Å². The predicted octanol–water partition coefficient (Wildman–Crippen LogP) is 1.94. The van der Waals surface area contributed by atoms with Crippen LogP contribution >= 0.6 is 0 Å². The van der Waals surface area contributed by atoms with Crippen LogP contribution in [0.5, 0.6) is 0 Å². The Balaban J connectivity index is 1.86. The van der Waals surface area contributed by atoms with Gasteiger partial charge in [-0.05, 0) is 42.5 Å². The molecule has 1 unspecified atom stereocenters. The molecule has 5 heteroatoms. The van der Waals surface area contributed by atoms with Gasteiger partial charge in [0.05, 0.1) is 0 Å². The highest BCUT2D eigenvalue weighted by Gasteiger charge is 2.15. The third-order valence-corrected chi connectivity index (χ3v) is 3.43. The molecular weight excluding hydrogens is 270 g/mol. The van der Waals surface area contributed by atoms with Crippen LogP contribution in [-0.2, 0) is 9.53 Å². The van der Waals surface area contributed by atoms with E-state index in [1.54, 1.807) is 24.3 Å². The second-order valence-corrected chi connectivity index (χ2v) is 5.07. The summed E-state index contributed by atoms with van der Waals surface area (Å²) in [6, 6.07) is 6.88. The van der Waals surface area contributed by atoms with Gasteiger partial charge in [-0.25, -0.2) is 4.79 Å². The molecule has 1 saturated heterocycles. The molecule has 0 aliphatic carbocycles. The Morgan fingerprint density at radius 3 is 3.00 bits per heavy atom. The molecular formula is C16H19NO4. The summed E-state index contributed by atoms with van der Waals surface area (Å²) in [5.41, 5.74) is 1.22. The maximum atomic E-state index is 12.0. The average molecular weight is 289 g/mol. The van der Waals surface area contributed by atoms with Gasteiger partial charge in [0.15, 0.2) is 0 Å². The van der Waals surface area contributed by atoms with E-state index >= 15 is 0 Å². The minimum Gasteiger partial charge on any atom is -0.478 e. The molecule has 1 aromatic rings. The number of hydrogen-bond acceptors (Lipinski definition) is 3. The van der Waals surface area contributed by atoms with Crippen LogP contribution in [0.3, 0.4) is 0 Å². The minimum atomic E-state index is -1.01. The van der Waals surface area contributed by atoms with E-state index in [2.05, 4.69) is 5.32 Å². The number of carboxylic acids is 1. The van der Waals surface area contributed by atoms with E-state index in [4.69, 9.17) is 9.84 Å². The molecule has 5 nitrogen and oxygen atoms in total. The summed E-state index contributed by atoms with van der Waals surface area (Å²) < 4.78 is 5.29. The third kappa shape index (κ3) is 5.04. The van der Waals surface area contributed by atoms with Gasteiger partial charge in [0.1, 0.15) is 0 Å². The third-order valence-electron chi connectivity index (χ3n) is 3.43. The highest BCUT2D eigenvalue weighted by Crippen LogP contribution is 2.15. The van der Waals surface area contributed by atoms with Crippen molar-refractivity contribution >= 4 is 18.0 Å². The van der Waals surface area contributed by atoms with Gasteiger partial charge in [-0.2, -0.15) is 0 Å². The van der Waals surface area contributed by atoms with Crippen LogP contribution in [0.1, 0.15) is 28.8 Å².